The number of pyridine rings is 1. The summed E-state index contributed by atoms with van der Waals surface area (Å²) in [6, 6.07) is 5.95. The molecule has 2 rings (SSSR count). The van der Waals surface area contributed by atoms with E-state index in [4.69, 9.17) is 5.84 Å². The van der Waals surface area contributed by atoms with Gasteiger partial charge >= 0.3 is 12.4 Å². The number of aliphatic imine (C=N–C) groups is 2. The minimum Gasteiger partial charge on any atom is -0.395 e. The van der Waals surface area contributed by atoms with Crippen LogP contribution in [0.5, 0.6) is 0 Å². The van der Waals surface area contributed by atoms with Gasteiger partial charge < -0.3 is 11.6 Å². The second kappa shape index (κ2) is 9.36. The van der Waals surface area contributed by atoms with E-state index >= 15 is 0 Å². The molecule has 1 aromatic carbocycles. The number of rotatable bonds is 5. The first-order valence-corrected chi connectivity index (χ1v) is 8.14. The van der Waals surface area contributed by atoms with Gasteiger partial charge in [-0.2, -0.15) is 31.4 Å². The normalized spacial score (nSPS) is 14.4. The van der Waals surface area contributed by atoms with Crippen LogP contribution in [0.3, 0.4) is 0 Å². The van der Waals surface area contributed by atoms with Crippen molar-refractivity contribution in [2.75, 3.05) is 0 Å². The molecule has 31 heavy (non-hydrogen) atoms. The van der Waals surface area contributed by atoms with Gasteiger partial charge in [0, 0.05) is 11.8 Å². The molecule has 4 N–H and O–H groups in total. The lowest BCUT2D eigenvalue weighted by molar-refractivity contribution is -0.0928. The number of nitrogens with zero attached hydrogens (tertiary/aromatic N) is 4. The zero-order chi connectivity index (χ0) is 23.2. The summed E-state index contributed by atoms with van der Waals surface area (Å²) >= 11 is 0. The quantitative estimate of drug-likeness (QED) is 0.309. The van der Waals surface area contributed by atoms with Gasteiger partial charge in [-0.3, -0.25) is 9.98 Å². The Hall–Kier alpha value is -3.77. The highest BCUT2D eigenvalue weighted by Crippen LogP contribution is 2.27. The molecule has 13 heteroatoms. The van der Waals surface area contributed by atoms with E-state index in [1.54, 1.807) is 0 Å². The summed E-state index contributed by atoms with van der Waals surface area (Å²) in [5.41, 5.74) is 0.766. The van der Waals surface area contributed by atoms with Gasteiger partial charge in [0.15, 0.2) is 5.82 Å². The molecular formula is C18H13F7N6. The van der Waals surface area contributed by atoms with Gasteiger partial charge in [-0.05, 0) is 36.4 Å². The van der Waals surface area contributed by atoms with Crippen molar-refractivity contribution in [2.24, 2.45) is 26.7 Å². The van der Waals surface area contributed by atoms with Crippen LogP contribution in [0.1, 0.15) is 5.56 Å². The molecule has 0 saturated carbocycles. The van der Waals surface area contributed by atoms with E-state index in [0.29, 0.717) is 0 Å². The van der Waals surface area contributed by atoms with Gasteiger partial charge in [0.05, 0.1) is 23.8 Å². The highest BCUT2D eigenvalue weighted by Gasteiger charge is 2.38. The summed E-state index contributed by atoms with van der Waals surface area (Å²) in [5.74, 6) is 4.52. The molecule has 0 aliphatic heterocycles. The predicted molar refractivity (Wildman–Crippen MR) is 101 cm³/mol. The summed E-state index contributed by atoms with van der Waals surface area (Å²) in [6.45, 7) is 0. The lowest BCUT2D eigenvalue weighted by atomic mass is 10.1. The number of hydrazone groups is 1. The van der Waals surface area contributed by atoms with Gasteiger partial charge in [0.2, 0.25) is 0 Å². The van der Waals surface area contributed by atoms with Crippen molar-refractivity contribution in [3.8, 4) is 0 Å². The number of benzene rings is 1. The number of hydrogen-bond donors (Lipinski definition) is 2. The molecule has 164 valence electrons. The topological polar surface area (TPSA) is 102 Å². The number of alkyl halides is 6. The number of halogens is 7. The second-order valence-corrected chi connectivity index (χ2v) is 5.74. The molecule has 0 bridgehead atoms. The molecule has 0 aliphatic rings. The Labute approximate surface area is 170 Å². The van der Waals surface area contributed by atoms with Crippen molar-refractivity contribution in [3.63, 3.8) is 0 Å². The molecule has 0 spiro atoms. The van der Waals surface area contributed by atoms with Crippen LogP contribution < -0.4 is 11.6 Å². The zero-order valence-corrected chi connectivity index (χ0v) is 15.3. The lowest BCUT2D eigenvalue weighted by Crippen LogP contribution is -2.26. The Morgan fingerprint density at radius 3 is 2.06 bits per heavy atom. The van der Waals surface area contributed by atoms with E-state index in [-0.39, 0.29) is 28.7 Å². The molecule has 0 radical (unpaired) electrons. The molecule has 1 heterocycles. The molecule has 0 saturated heterocycles. The van der Waals surface area contributed by atoms with Crippen LogP contribution in [0.2, 0.25) is 0 Å². The van der Waals surface area contributed by atoms with E-state index < -0.39 is 29.6 Å². The molecule has 0 aliphatic carbocycles. The van der Waals surface area contributed by atoms with Gasteiger partial charge in [0.1, 0.15) is 17.1 Å². The lowest BCUT2D eigenvalue weighted by Gasteiger charge is -2.10. The van der Waals surface area contributed by atoms with Gasteiger partial charge in [-0.15, -0.1) is 0 Å². The number of allylic oxidation sites excluding steroid dienone is 2. The minimum atomic E-state index is -5.17. The highest BCUT2D eigenvalue weighted by molar-refractivity contribution is 6.38. The number of nitrogens with two attached hydrogens (primary N) is 2. The fourth-order valence-corrected chi connectivity index (χ4v) is 2.05. The third-order valence-corrected chi connectivity index (χ3v) is 3.53. The third kappa shape index (κ3) is 6.62. The van der Waals surface area contributed by atoms with Crippen LogP contribution in [0.15, 0.2) is 69.6 Å². The van der Waals surface area contributed by atoms with Crippen LogP contribution in [-0.4, -0.2) is 35.0 Å². The largest absolute Gasteiger partial charge is 0.433 e. The summed E-state index contributed by atoms with van der Waals surface area (Å²) in [4.78, 5) is 10.7. The van der Waals surface area contributed by atoms with Gasteiger partial charge in [0.25, 0.3) is 0 Å². The fraction of sp³-hybridized carbons (Fsp3) is 0.111. The standard InChI is InChI=1S/C18H13F7N6/c19-13-8-28-6-5-12(13)14(31-27)9-29-10-1-3-11(4-2-10)30-16(18(23,24)25)7-15(26)17(20,21)22/h1-9H,26-27H2. The predicted octanol–water partition coefficient (Wildman–Crippen LogP) is 4.33. The van der Waals surface area contributed by atoms with E-state index in [9.17, 15) is 30.7 Å². The molecule has 0 unspecified atom stereocenters. The van der Waals surface area contributed by atoms with Crippen LogP contribution in [0.4, 0.5) is 42.1 Å². The fourth-order valence-electron chi connectivity index (χ4n) is 2.05. The Morgan fingerprint density at radius 1 is 0.935 bits per heavy atom. The maximum absolute atomic E-state index is 13.7. The molecule has 0 amide bonds. The first-order chi connectivity index (χ1) is 14.4. The van der Waals surface area contributed by atoms with Crippen LogP contribution >= 0.6 is 0 Å². The SMILES string of the molecule is NN=C(C=Nc1ccc(N=C(C=C(N)C(F)(F)F)C(F)(F)F)cc1)c1ccncc1F. The van der Waals surface area contributed by atoms with Crippen molar-refractivity contribution in [1.29, 1.82) is 0 Å². The Balaban J connectivity index is 2.29. The summed E-state index contributed by atoms with van der Waals surface area (Å²) < 4.78 is 90.0. The Morgan fingerprint density at radius 2 is 1.55 bits per heavy atom. The van der Waals surface area contributed by atoms with E-state index in [1.807, 2.05) is 0 Å². The zero-order valence-electron chi connectivity index (χ0n) is 15.3. The summed E-state index contributed by atoms with van der Waals surface area (Å²) in [6.07, 6.45) is -7.24. The maximum Gasteiger partial charge on any atom is 0.433 e. The average molecular weight is 446 g/mol. The molecule has 0 atom stereocenters. The van der Waals surface area contributed by atoms with Crippen molar-refractivity contribution in [1.82, 2.24) is 4.98 Å². The van der Waals surface area contributed by atoms with Crippen molar-refractivity contribution in [2.45, 2.75) is 12.4 Å². The van der Waals surface area contributed by atoms with E-state index in [0.717, 1.165) is 24.5 Å². The van der Waals surface area contributed by atoms with Crippen LogP contribution in [-0.2, 0) is 0 Å². The summed E-state index contributed by atoms with van der Waals surface area (Å²) in [5, 5.41) is 3.41. The monoisotopic (exact) mass is 446 g/mol. The number of hydrogen-bond acceptors (Lipinski definition) is 6. The maximum atomic E-state index is 13.7. The first-order valence-electron chi connectivity index (χ1n) is 8.14. The minimum absolute atomic E-state index is 0.0197. The summed E-state index contributed by atoms with van der Waals surface area (Å²) in [7, 11) is 0. The molecule has 0 fully saturated rings. The Kier molecular flexibility index (Phi) is 7.10. The van der Waals surface area contributed by atoms with E-state index in [1.165, 1.54) is 24.4 Å². The van der Waals surface area contributed by atoms with Crippen LogP contribution in [0, 0.1) is 5.82 Å². The second-order valence-electron chi connectivity index (χ2n) is 5.74. The smallest absolute Gasteiger partial charge is 0.395 e. The van der Waals surface area contributed by atoms with Gasteiger partial charge in [-0.1, -0.05) is 0 Å². The molecule has 2 aromatic rings. The highest BCUT2D eigenvalue weighted by atomic mass is 19.4. The first kappa shape index (κ1) is 23.5. The van der Waals surface area contributed by atoms with Crippen molar-refractivity contribution in [3.05, 3.63) is 65.9 Å². The van der Waals surface area contributed by atoms with Crippen LogP contribution in [0.25, 0.3) is 0 Å². The molecular weight excluding hydrogens is 433 g/mol. The molecule has 1 aromatic heterocycles. The third-order valence-electron chi connectivity index (χ3n) is 3.53. The Bertz CT molecular complexity index is 1030. The average Bonchev–Trinajstić information content (AvgIpc) is 2.68. The van der Waals surface area contributed by atoms with Crippen molar-refractivity contribution >= 4 is 29.0 Å². The number of aromatic nitrogens is 1. The van der Waals surface area contributed by atoms with Gasteiger partial charge in [-0.25, -0.2) is 9.38 Å². The van der Waals surface area contributed by atoms with E-state index in [2.05, 4.69) is 25.8 Å². The molecule has 6 nitrogen and oxygen atoms in total. The van der Waals surface area contributed by atoms with Crippen molar-refractivity contribution < 1.29 is 30.7 Å².